The summed E-state index contributed by atoms with van der Waals surface area (Å²) >= 11 is 0. The van der Waals surface area contributed by atoms with Gasteiger partial charge in [-0.05, 0) is 36.5 Å². The maximum atomic E-state index is 13.2. The Balaban J connectivity index is 1.34. The molecule has 1 spiro atoms. The molecule has 6 nitrogen and oxygen atoms in total. The third kappa shape index (κ3) is 5.54. The maximum Gasteiger partial charge on any atom is 0.315 e. The Hall–Kier alpha value is -2.49. The monoisotopic (exact) mass is 463 g/mol. The lowest BCUT2D eigenvalue weighted by Gasteiger charge is -2.47. The molecule has 0 radical (unpaired) electrons. The predicted molar refractivity (Wildman–Crippen MR) is 116 cm³/mol. The third-order valence-electron chi connectivity index (χ3n) is 6.60. The van der Waals surface area contributed by atoms with Crippen LogP contribution in [0.3, 0.4) is 0 Å². The zero-order chi connectivity index (χ0) is 23.4. The van der Waals surface area contributed by atoms with Gasteiger partial charge in [-0.2, -0.15) is 8.78 Å². The second-order valence-corrected chi connectivity index (χ2v) is 8.73. The van der Waals surface area contributed by atoms with Crippen LogP contribution in [0.5, 0.6) is 0 Å². The van der Waals surface area contributed by atoms with E-state index in [1.54, 1.807) is 30.5 Å². The molecule has 9 heteroatoms. The van der Waals surface area contributed by atoms with Crippen molar-refractivity contribution in [2.45, 2.75) is 50.0 Å². The molecule has 178 valence electrons. The predicted octanol–water partition coefficient (Wildman–Crippen LogP) is 3.26. The van der Waals surface area contributed by atoms with Crippen molar-refractivity contribution in [2.75, 3.05) is 26.4 Å². The average molecular weight is 464 g/mol. The number of hydrogen-bond donors (Lipinski definition) is 2. The SMILES string of the molecule is O=C(N[C@H](CF)[C@H](O)c1ccc(-c2ccc(CN3CCC4(CCO4)CC3)nc2)cc1)C(F)F. The van der Waals surface area contributed by atoms with E-state index in [1.165, 1.54) is 6.42 Å². The number of rotatable bonds is 8. The number of carbonyl (C=O) groups excluding carboxylic acids is 1. The van der Waals surface area contributed by atoms with Gasteiger partial charge < -0.3 is 15.2 Å². The zero-order valence-corrected chi connectivity index (χ0v) is 18.2. The van der Waals surface area contributed by atoms with Crippen LogP contribution in [0.15, 0.2) is 42.6 Å². The molecule has 2 fully saturated rings. The topological polar surface area (TPSA) is 74.7 Å². The number of hydrogen-bond acceptors (Lipinski definition) is 5. The van der Waals surface area contributed by atoms with Gasteiger partial charge >= 0.3 is 6.43 Å². The van der Waals surface area contributed by atoms with Gasteiger partial charge in [-0.3, -0.25) is 14.7 Å². The number of aliphatic hydroxyl groups is 1. The molecule has 2 N–H and O–H groups in total. The molecule has 1 aromatic heterocycles. The number of pyridine rings is 1. The fraction of sp³-hybridized carbons (Fsp3) is 0.500. The summed E-state index contributed by atoms with van der Waals surface area (Å²) in [5.41, 5.74) is 3.16. The Morgan fingerprint density at radius 2 is 1.79 bits per heavy atom. The van der Waals surface area contributed by atoms with Gasteiger partial charge in [0.05, 0.1) is 23.9 Å². The zero-order valence-electron chi connectivity index (χ0n) is 18.2. The van der Waals surface area contributed by atoms with Crippen LogP contribution in [0.25, 0.3) is 11.1 Å². The van der Waals surface area contributed by atoms with Gasteiger partial charge in [0, 0.05) is 31.4 Å². The quantitative estimate of drug-likeness (QED) is 0.629. The highest BCUT2D eigenvalue weighted by Gasteiger charge is 2.40. The van der Waals surface area contributed by atoms with Gasteiger partial charge in [-0.15, -0.1) is 0 Å². The van der Waals surface area contributed by atoms with Crippen LogP contribution in [0.4, 0.5) is 13.2 Å². The molecule has 0 aliphatic carbocycles. The molecule has 4 rings (SSSR count). The number of aliphatic hydroxyl groups excluding tert-OH is 1. The fourth-order valence-corrected chi connectivity index (χ4v) is 4.37. The van der Waals surface area contributed by atoms with E-state index in [0.29, 0.717) is 5.56 Å². The molecule has 2 aromatic rings. The third-order valence-corrected chi connectivity index (χ3v) is 6.60. The first-order valence-corrected chi connectivity index (χ1v) is 11.1. The number of amides is 1. The largest absolute Gasteiger partial charge is 0.386 e. The number of nitrogens with zero attached hydrogens (tertiary/aromatic N) is 2. The summed E-state index contributed by atoms with van der Waals surface area (Å²) < 4.78 is 43.8. The van der Waals surface area contributed by atoms with E-state index in [9.17, 15) is 23.1 Å². The van der Waals surface area contributed by atoms with Crippen molar-refractivity contribution >= 4 is 5.91 Å². The lowest BCUT2D eigenvalue weighted by Crippen LogP contribution is -2.52. The first-order valence-electron chi connectivity index (χ1n) is 11.1. The molecule has 2 saturated heterocycles. The van der Waals surface area contributed by atoms with Crippen LogP contribution in [-0.2, 0) is 16.1 Å². The highest BCUT2D eigenvalue weighted by Crippen LogP contribution is 2.37. The maximum absolute atomic E-state index is 13.2. The molecule has 33 heavy (non-hydrogen) atoms. The minimum atomic E-state index is -3.27. The average Bonchev–Trinajstić information content (AvgIpc) is 2.82. The van der Waals surface area contributed by atoms with Gasteiger partial charge in [-0.25, -0.2) is 4.39 Å². The number of carbonyl (C=O) groups is 1. The van der Waals surface area contributed by atoms with Crippen molar-refractivity contribution in [3.8, 4) is 11.1 Å². The molecular formula is C24H28F3N3O3. The van der Waals surface area contributed by atoms with Crippen LogP contribution < -0.4 is 5.32 Å². The lowest BCUT2D eigenvalue weighted by molar-refractivity contribution is -0.173. The summed E-state index contributed by atoms with van der Waals surface area (Å²) in [4.78, 5) is 18.1. The van der Waals surface area contributed by atoms with Crippen LogP contribution in [0.2, 0.25) is 0 Å². The standard InChI is InChI=1S/C24H28F3N3O3/c25-13-20(29-23(32)22(26)27)21(31)17-3-1-16(2-4-17)18-5-6-19(28-14-18)15-30-10-7-24(8-11-30)9-12-33-24/h1-6,14,20-22,31H,7-13,15H2,(H,29,32)/t20-,21-/m1/s1. The molecule has 3 heterocycles. The van der Waals surface area contributed by atoms with Crippen molar-refractivity contribution < 1.29 is 27.8 Å². The summed E-state index contributed by atoms with van der Waals surface area (Å²) in [6.07, 6.45) is 0.377. The number of benzene rings is 1. The Kier molecular flexibility index (Phi) is 7.31. The van der Waals surface area contributed by atoms with Crippen LogP contribution in [0, 0.1) is 0 Å². The number of nitrogens with one attached hydrogen (secondary N) is 1. The van der Waals surface area contributed by atoms with Crippen LogP contribution in [0.1, 0.15) is 36.6 Å². The molecule has 0 unspecified atom stereocenters. The molecule has 1 amide bonds. The van der Waals surface area contributed by atoms with E-state index in [2.05, 4.69) is 9.88 Å². The second-order valence-electron chi connectivity index (χ2n) is 8.73. The van der Waals surface area contributed by atoms with Crippen LogP contribution in [-0.4, -0.2) is 65.3 Å². The summed E-state index contributed by atoms with van der Waals surface area (Å²) in [6, 6.07) is 9.15. The van der Waals surface area contributed by atoms with Gasteiger partial charge in [0.15, 0.2) is 0 Å². The van der Waals surface area contributed by atoms with E-state index in [-0.39, 0.29) is 5.60 Å². The number of likely N-dealkylation sites (tertiary alicyclic amines) is 1. The minimum Gasteiger partial charge on any atom is -0.386 e. The summed E-state index contributed by atoms with van der Waals surface area (Å²) in [5, 5.41) is 12.1. The molecule has 2 aliphatic heterocycles. The first-order chi connectivity index (χ1) is 15.9. The fourth-order valence-electron chi connectivity index (χ4n) is 4.37. The Morgan fingerprint density at radius 3 is 2.30 bits per heavy atom. The highest BCUT2D eigenvalue weighted by atomic mass is 19.3. The molecule has 0 saturated carbocycles. The molecule has 2 aliphatic rings. The van der Waals surface area contributed by atoms with Gasteiger partial charge in [-0.1, -0.05) is 30.3 Å². The van der Waals surface area contributed by atoms with Gasteiger partial charge in [0.1, 0.15) is 12.8 Å². The minimum absolute atomic E-state index is 0.131. The van der Waals surface area contributed by atoms with Gasteiger partial charge in [0.25, 0.3) is 5.91 Å². The Bertz CT molecular complexity index is 926. The molecular weight excluding hydrogens is 435 g/mol. The molecule has 1 aromatic carbocycles. The number of alkyl halides is 3. The smallest absolute Gasteiger partial charge is 0.315 e. The van der Waals surface area contributed by atoms with Crippen molar-refractivity contribution in [3.05, 3.63) is 53.9 Å². The van der Waals surface area contributed by atoms with E-state index >= 15 is 0 Å². The van der Waals surface area contributed by atoms with Crippen molar-refractivity contribution in [1.82, 2.24) is 15.2 Å². The number of ether oxygens (including phenoxy) is 1. The van der Waals surface area contributed by atoms with E-state index in [1.807, 2.05) is 17.4 Å². The number of halogens is 3. The first kappa shape index (κ1) is 23.7. The van der Waals surface area contributed by atoms with Crippen molar-refractivity contribution in [1.29, 1.82) is 0 Å². The number of aromatic nitrogens is 1. The number of piperidine rings is 1. The van der Waals surface area contributed by atoms with Crippen molar-refractivity contribution in [3.63, 3.8) is 0 Å². The second kappa shape index (κ2) is 10.2. The highest BCUT2D eigenvalue weighted by molar-refractivity contribution is 5.79. The molecule has 0 bridgehead atoms. The molecule has 2 atom stereocenters. The lowest BCUT2D eigenvalue weighted by atomic mass is 9.84. The summed E-state index contributed by atoms with van der Waals surface area (Å²) in [5.74, 6) is -1.61. The van der Waals surface area contributed by atoms with Gasteiger partial charge in [0.2, 0.25) is 0 Å². The normalized spacial score (nSPS) is 19.8. The Labute approximate surface area is 190 Å². The van der Waals surface area contributed by atoms with Crippen LogP contribution >= 0.6 is 0 Å². The summed E-state index contributed by atoms with van der Waals surface area (Å²) in [6.45, 7) is 2.51. The van der Waals surface area contributed by atoms with E-state index in [0.717, 1.165) is 55.9 Å². The summed E-state index contributed by atoms with van der Waals surface area (Å²) in [7, 11) is 0. The van der Waals surface area contributed by atoms with E-state index in [4.69, 9.17) is 4.74 Å². The van der Waals surface area contributed by atoms with E-state index < -0.39 is 31.2 Å². The Morgan fingerprint density at radius 1 is 1.12 bits per heavy atom. The van der Waals surface area contributed by atoms with Crippen molar-refractivity contribution in [2.24, 2.45) is 0 Å².